The smallest absolute Gasteiger partial charge is 0.107 e. The minimum atomic E-state index is 0. The molecule has 3 aromatic rings. The Labute approximate surface area is 116 Å². The number of hydrogen-bond donors (Lipinski definition) is 0. The van der Waals surface area contributed by atoms with Crippen LogP contribution in [-0.4, -0.2) is 14.5 Å². The molecule has 0 N–H and O–H groups in total. The highest BCUT2D eigenvalue weighted by Crippen LogP contribution is 2.14. The van der Waals surface area contributed by atoms with E-state index < -0.39 is 0 Å². The molecule has 0 spiro atoms. The van der Waals surface area contributed by atoms with E-state index in [1.807, 2.05) is 36.7 Å². The van der Waals surface area contributed by atoms with Crippen LogP contribution in [0.3, 0.4) is 0 Å². The molecule has 0 aliphatic rings. The van der Waals surface area contributed by atoms with Gasteiger partial charge in [-0.2, -0.15) is 0 Å². The molecule has 0 unspecified atom stereocenters. The first kappa shape index (κ1) is 12.9. The Balaban J connectivity index is 0.00000120. The highest BCUT2D eigenvalue weighted by atomic mass is 35.5. The van der Waals surface area contributed by atoms with Crippen molar-refractivity contribution in [3.05, 3.63) is 59.6 Å². The van der Waals surface area contributed by atoms with Gasteiger partial charge in [0.25, 0.3) is 0 Å². The summed E-state index contributed by atoms with van der Waals surface area (Å²) in [6.07, 6.45) is 5.39. The van der Waals surface area contributed by atoms with Gasteiger partial charge < -0.3 is 4.57 Å². The second-order valence-corrected chi connectivity index (χ2v) is 4.30. The van der Waals surface area contributed by atoms with Gasteiger partial charge in [-0.25, -0.2) is 4.98 Å². The second kappa shape index (κ2) is 5.38. The molecule has 3 nitrogen and oxygen atoms in total. The maximum absolute atomic E-state index is 5.86. The summed E-state index contributed by atoms with van der Waals surface area (Å²) >= 11 is 5.86. The molecule has 5 heteroatoms. The molecule has 0 fully saturated rings. The van der Waals surface area contributed by atoms with Crippen LogP contribution in [0, 0.1) is 0 Å². The van der Waals surface area contributed by atoms with Crippen molar-refractivity contribution < 1.29 is 0 Å². The molecule has 0 aliphatic carbocycles. The average molecular weight is 280 g/mol. The lowest BCUT2D eigenvalue weighted by Crippen LogP contribution is -1.97. The van der Waals surface area contributed by atoms with Crippen molar-refractivity contribution in [2.45, 2.75) is 6.54 Å². The van der Waals surface area contributed by atoms with Crippen molar-refractivity contribution in [1.82, 2.24) is 14.5 Å². The third-order valence-electron chi connectivity index (χ3n) is 2.69. The quantitative estimate of drug-likeness (QED) is 0.718. The summed E-state index contributed by atoms with van der Waals surface area (Å²) in [4.78, 5) is 8.36. The number of rotatable bonds is 2. The number of nitrogens with zero attached hydrogens (tertiary/aromatic N) is 3. The molecule has 0 radical (unpaired) electrons. The average Bonchev–Trinajstić information content (AvgIpc) is 2.76. The lowest BCUT2D eigenvalue weighted by Gasteiger charge is -2.04. The first-order valence-corrected chi connectivity index (χ1v) is 5.70. The molecule has 0 saturated heterocycles. The van der Waals surface area contributed by atoms with Crippen LogP contribution in [0.25, 0.3) is 11.0 Å². The summed E-state index contributed by atoms with van der Waals surface area (Å²) in [6.45, 7) is 0.789. The Morgan fingerprint density at radius 3 is 2.67 bits per heavy atom. The maximum atomic E-state index is 5.86. The summed E-state index contributed by atoms with van der Waals surface area (Å²) in [5.41, 5.74) is 3.21. The molecule has 3 rings (SSSR count). The van der Waals surface area contributed by atoms with Gasteiger partial charge in [0.05, 0.1) is 18.0 Å². The zero-order valence-corrected chi connectivity index (χ0v) is 11.0. The van der Waals surface area contributed by atoms with Gasteiger partial charge in [-0.05, 0) is 23.8 Å². The van der Waals surface area contributed by atoms with Gasteiger partial charge in [0, 0.05) is 17.8 Å². The highest BCUT2D eigenvalue weighted by molar-refractivity contribution is 6.30. The van der Waals surface area contributed by atoms with Crippen LogP contribution >= 0.6 is 24.0 Å². The molecular formula is C13H11Cl2N3. The Morgan fingerprint density at radius 2 is 1.89 bits per heavy atom. The summed E-state index contributed by atoms with van der Waals surface area (Å²) in [5, 5.41) is 0.758. The second-order valence-electron chi connectivity index (χ2n) is 3.86. The minimum absolute atomic E-state index is 0. The third kappa shape index (κ3) is 2.47. The van der Waals surface area contributed by atoms with E-state index in [-0.39, 0.29) is 12.4 Å². The number of aromatic nitrogens is 3. The molecule has 0 saturated carbocycles. The molecule has 2 heterocycles. The van der Waals surface area contributed by atoms with E-state index in [1.54, 1.807) is 12.4 Å². The van der Waals surface area contributed by atoms with Crippen molar-refractivity contribution >= 4 is 35.0 Å². The molecule has 1 aromatic carbocycles. The molecule has 2 aromatic heterocycles. The molecule has 92 valence electrons. The van der Waals surface area contributed by atoms with Gasteiger partial charge in [0.2, 0.25) is 0 Å². The zero-order chi connectivity index (χ0) is 11.7. The van der Waals surface area contributed by atoms with E-state index in [0.29, 0.717) is 0 Å². The van der Waals surface area contributed by atoms with Crippen LogP contribution in [0.15, 0.2) is 49.1 Å². The Hall–Kier alpha value is -1.58. The Morgan fingerprint density at radius 1 is 1.11 bits per heavy atom. The fraction of sp³-hybridized carbons (Fsp3) is 0.0769. The number of benzene rings is 1. The van der Waals surface area contributed by atoms with Gasteiger partial charge in [-0.3, -0.25) is 4.98 Å². The Bertz CT molecular complexity index is 647. The largest absolute Gasteiger partial charge is 0.326 e. The van der Waals surface area contributed by atoms with Gasteiger partial charge in [0.15, 0.2) is 0 Å². The minimum Gasteiger partial charge on any atom is -0.326 e. The van der Waals surface area contributed by atoms with Crippen LogP contribution in [0.1, 0.15) is 5.56 Å². The fourth-order valence-corrected chi connectivity index (χ4v) is 1.95. The molecule has 0 atom stereocenters. The fourth-order valence-electron chi connectivity index (χ4n) is 1.83. The van der Waals surface area contributed by atoms with Crippen LogP contribution in [0.2, 0.25) is 5.02 Å². The predicted octanol–water partition coefficient (Wildman–Crippen LogP) is 3.55. The zero-order valence-electron chi connectivity index (χ0n) is 9.45. The maximum Gasteiger partial charge on any atom is 0.107 e. The first-order valence-electron chi connectivity index (χ1n) is 5.32. The number of pyridine rings is 1. The Kier molecular flexibility index (Phi) is 3.84. The van der Waals surface area contributed by atoms with E-state index in [2.05, 4.69) is 14.5 Å². The number of halogens is 2. The predicted molar refractivity (Wildman–Crippen MR) is 75.3 cm³/mol. The molecule has 0 aliphatic heterocycles. The normalized spacial score (nSPS) is 10.3. The van der Waals surface area contributed by atoms with E-state index in [4.69, 9.17) is 11.6 Å². The van der Waals surface area contributed by atoms with Crippen molar-refractivity contribution in [1.29, 1.82) is 0 Å². The summed E-state index contributed by atoms with van der Waals surface area (Å²) in [5.74, 6) is 0. The first-order chi connectivity index (χ1) is 8.33. The molecule has 0 amide bonds. The topological polar surface area (TPSA) is 30.7 Å². The van der Waals surface area contributed by atoms with Crippen LogP contribution in [0.4, 0.5) is 0 Å². The standard InChI is InChI=1S/C13H10ClN3.ClH/c14-11-3-1-10(2-4-11)8-17-9-16-12-7-15-6-5-13(12)17;/h1-7,9H,8H2;1H. The van der Waals surface area contributed by atoms with Crippen LogP contribution in [0.5, 0.6) is 0 Å². The van der Waals surface area contributed by atoms with Crippen LogP contribution in [-0.2, 0) is 6.54 Å². The summed E-state index contributed by atoms with van der Waals surface area (Å²) in [6, 6.07) is 9.82. The van der Waals surface area contributed by atoms with Gasteiger partial charge in [-0.1, -0.05) is 23.7 Å². The van der Waals surface area contributed by atoms with E-state index in [1.165, 1.54) is 5.56 Å². The van der Waals surface area contributed by atoms with E-state index >= 15 is 0 Å². The van der Waals surface area contributed by atoms with Gasteiger partial charge >= 0.3 is 0 Å². The SMILES string of the molecule is Cl.Clc1ccc(Cn2cnc3cnccc32)cc1. The summed E-state index contributed by atoms with van der Waals surface area (Å²) < 4.78 is 2.10. The lowest BCUT2D eigenvalue weighted by atomic mass is 10.2. The van der Waals surface area contributed by atoms with Crippen molar-refractivity contribution in [3.63, 3.8) is 0 Å². The highest BCUT2D eigenvalue weighted by Gasteiger charge is 2.02. The third-order valence-corrected chi connectivity index (χ3v) is 2.94. The van der Waals surface area contributed by atoms with Crippen molar-refractivity contribution in [3.8, 4) is 0 Å². The lowest BCUT2D eigenvalue weighted by molar-refractivity contribution is 0.824. The van der Waals surface area contributed by atoms with Gasteiger partial charge in [0.1, 0.15) is 5.52 Å². The number of fused-ring (bicyclic) bond motifs is 1. The number of hydrogen-bond acceptors (Lipinski definition) is 2. The number of imidazole rings is 1. The van der Waals surface area contributed by atoms with E-state index in [9.17, 15) is 0 Å². The monoisotopic (exact) mass is 279 g/mol. The van der Waals surface area contributed by atoms with Crippen molar-refractivity contribution in [2.24, 2.45) is 0 Å². The molecule has 0 bridgehead atoms. The molecular weight excluding hydrogens is 269 g/mol. The summed E-state index contributed by atoms with van der Waals surface area (Å²) in [7, 11) is 0. The van der Waals surface area contributed by atoms with E-state index in [0.717, 1.165) is 22.6 Å². The van der Waals surface area contributed by atoms with Crippen LogP contribution < -0.4 is 0 Å². The molecule has 18 heavy (non-hydrogen) atoms. The van der Waals surface area contributed by atoms with Gasteiger partial charge in [-0.15, -0.1) is 12.4 Å². The van der Waals surface area contributed by atoms with Crippen molar-refractivity contribution in [2.75, 3.05) is 0 Å².